The minimum atomic E-state index is -0.650. The number of hydrogen-bond donors (Lipinski definition) is 1. The molecular formula is C25H26N4O6S. The fourth-order valence-electron chi connectivity index (χ4n) is 3.26. The molecule has 1 N–H and O–H groups in total. The predicted octanol–water partition coefficient (Wildman–Crippen LogP) is 3.91. The van der Waals surface area contributed by atoms with E-state index in [0.717, 1.165) is 0 Å². The number of carbonyl (C=O) groups is 3. The summed E-state index contributed by atoms with van der Waals surface area (Å²) in [4.78, 5) is 36.6. The van der Waals surface area contributed by atoms with Crippen LogP contribution in [0.25, 0.3) is 0 Å². The van der Waals surface area contributed by atoms with Gasteiger partial charge in [0.2, 0.25) is 5.91 Å². The van der Waals surface area contributed by atoms with Crippen molar-refractivity contribution < 1.29 is 28.6 Å². The van der Waals surface area contributed by atoms with Crippen molar-refractivity contribution in [2.45, 2.75) is 24.7 Å². The fraction of sp³-hybridized carbons (Fsp3) is 0.240. The van der Waals surface area contributed by atoms with Crippen molar-refractivity contribution in [2.24, 2.45) is 0 Å². The first-order valence-electron chi connectivity index (χ1n) is 10.9. The number of anilines is 1. The number of allylic oxidation sites excluding steroid dienone is 1. The molecule has 0 aliphatic rings. The lowest BCUT2D eigenvalue weighted by Crippen LogP contribution is -2.17. The van der Waals surface area contributed by atoms with E-state index in [1.54, 1.807) is 6.08 Å². The highest BCUT2D eigenvalue weighted by Crippen LogP contribution is 2.25. The van der Waals surface area contributed by atoms with E-state index in [4.69, 9.17) is 14.2 Å². The Morgan fingerprint density at radius 2 is 1.69 bits per heavy atom. The van der Waals surface area contributed by atoms with Gasteiger partial charge in [0.25, 0.3) is 0 Å². The van der Waals surface area contributed by atoms with Crippen LogP contribution in [-0.4, -0.2) is 52.6 Å². The maximum Gasteiger partial charge on any atom is 0.337 e. The normalized spacial score (nSPS) is 11.3. The minimum absolute atomic E-state index is 0.000785. The van der Waals surface area contributed by atoms with E-state index in [-0.39, 0.29) is 34.6 Å². The van der Waals surface area contributed by atoms with Crippen LogP contribution in [0, 0.1) is 0 Å². The molecule has 3 aromatic rings. The average molecular weight is 511 g/mol. The number of ether oxygens (including phenoxy) is 3. The second-order valence-electron chi connectivity index (χ2n) is 7.43. The van der Waals surface area contributed by atoms with Crippen LogP contribution in [0.3, 0.4) is 0 Å². The van der Waals surface area contributed by atoms with Crippen LogP contribution in [0.15, 0.2) is 66.3 Å². The Morgan fingerprint density at radius 1 is 1.06 bits per heavy atom. The van der Waals surface area contributed by atoms with E-state index in [1.807, 2.05) is 41.8 Å². The first kappa shape index (κ1) is 26.5. The molecule has 1 amide bonds. The summed E-state index contributed by atoms with van der Waals surface area (Å²) in [6, 6.07) is 13.5. The number of nitrogens with zero attached hydrogens (tertiary/aromatic N) is 3. The molecule has 0 aliphatic heterocycles. The van der Waals surface area contributed by atoms with Crippen LogP contribution < -0.4 is 10.1 Å². The highest BCUT2D eigenvalue weighted by Gasteiger charge is 2.20. The summed E-state index contributed by atoms with van der Waals surface area (Å²) >= 11 is 1.18. The summed E-state index contributed by atoms with van der Waals surface area (Å²) in [6.07, 6.45) is 1.32. The number of hydrogen-bond acceptors (Lipinski definition) is 9. The summed E-state index contributed by atoms with van der Waals surface area (Å²) < 4.78 is 17.2. The predicted molar refractivity (Wildman–Crippen MR) is 134 cm³/mol. The van der Waals surface area contributed by atoms with Crippen molar-refractivity contribution >= 4 is 35.3 Å². The number of esters is 2. The Kier molecular flexibility index (Phi) is 9.23. The monoisotopic (exact) mass is 510 g/mol. The molecule has 2 aromatic carbocycles. The molecule has 1 atom stereocenters. The fourth-order valence-corrected chi connectivity index (χ4v) is 4.02. The van der Waals surface area contributed by atoms with Gasteiger partial charge in [0.15, 0.2) is 17.1 Å². The number of rotatable bonds is 11. The average Bonchev–Trinajstić information content (AvgIpc) is 3.29. The van der Waals surface area contributed by atoms with E-state index >= 15 is 0 Å². The van der Waals surface area contributed by atoms with Crippen LogP contribution >= 0.6 is 11.8 Å². The quantitative estimate of drug-likeness (QED) is 0.232. The number of thioether (sulfide) groups is 1. The highest BCUT2D eigenvalue weighted by atomic mass is 32.2. The summed E-state index contributed by atoms with van der Waals surface area (Å²) in [5.74, 6) is -0.382. The molecule has 1 heterocycles. The largest absolute Gasteiger partial charge is 0.483 e. The molecule has 0 spiro atoms. The van der Waals surface area contributed by atoms with Gasteiger partial charge in [0.05, 0.1) is 31.1 Å². The summed E-state index contributed by atoms with van der Waals surface area (Å²) in [6.45, 7) is 6.08. The zero-order chi connectivity index (χ0) is 26.1. The third kappa shape index (κ3) is 6.72. The van der Waals surface area contributed by atoms with Gasteiger partial charge in [-0.3, -0.25) is 9.36 Å². The number of nitrogens with one attached hydrogen (secondary N) is 1. The molecule has 1 aromatic heterocycles. The van der Waals surface area contributed by atoms with Crippen molar-refractivity contribution in [3.05, 3.63) is 78.1 Å². The second kappa shape index (κ2) is 12.5. The Bertz CT molecular complexity index is 1210. The number of aromatic nitrogens is 3. The first-order valence-corrected chi connectivity index (χ1v) is 11.8. The zero-order valence-electron chi connectivity index (χ0n) is 20.1. The second-order valence-corrected chi connectivity index (χ2v) is 8.37. The van der Waals surface area contributed by atoms with Gasteiger partial charge in [-0.25, -0.2) is 9.59 Å². The molecule has 10 nitrogen and oxygen atoms in total. The Labute approximate surface area is 212 Å². The molecule has 0 saturated carbocycles. The van der Waals surface area contributed by atoms with Crippen molar-refractivity contribution in [1.82, 2.24) is 14.8 Å². The van der Waals surface area contributed by atoms with Crippen molar-refractivity contribution in [1.29, 1.82) is 0 Å². The number of methoxy groups -OCH3 is 2. The van der Waals surface area contributed by atoms with Crippen LogP contribution in [0.2, 0.25) is 0 Å². The number of para-hydroxylation sites is 1. The molecule has 0 bridgehead atoms. The Hall–Kier alpha value is -4.12. The summed E-state index contributed by atoms with van der Waals surface area (Å²) in [7, 11) is 2.45. The molecule has 1 unspecified atom stereocenters. The molecule has 11 heteroatoms. The summed E-state index contributed by atoms with van der Waals surface area (Å²) in [5.41, 5.74) is 0.458. The molecule has 36 heavy (non-hydrogen) atoms. The number of amides is 1. The topological polar surface area (TPSA) is 122 Å². The van der Waals surface area contributed by atoms with Gasteiger partial charge in [-0.05, 0) is 37.3 Å². The van der Waals surface area contributed by atoms with E-state index in [0.29, 0.717) is 23.3 Å². The lowest BCUT2D eigenvalue weighted by molar-refractivity contribution is -0.113. The van der Waals surface area contributed by atoms with Gasteiger partial charge < -0.3 is 19.5 Å². The number of benzene rings is 2. The van der Waals surface area contributed by atoms with Crippen LogP contribution in [0.5, 0.6) is 5.75 Å². The van der Waals surface area contributed by atoms with Crippen LogP contribution in [0.4, 0.5) is 5.69 Å². The van der Waals surface area contributed by atoms with Crippen molar-refractivity contribution in [3.8, 4) is 5.75 Å². The molecule has 3 rings (SSSR count). The molecule has 0 radical (unpaired) electrons. The summed E-state index contributed by atoms with van der Waals surface area (Å²) in [5, 5.41) is 11.7. The van der Waals surface area contributed by atoms with Crippen molar-refractivity contribution in [2.75, 3.05) is 25.3 Å². The lowest BCUT2D eigenvalue weighted by atomic mass is 10.1. The minimum Gasteiger partial charge on any atom is -0.483 e. The first-order chi connectivity index (χ1) is 17.4. The van der Waals surface area contributed by atoms with Gasteiger partial charge in [-0.1, -0.05) is 36.0 Å². The molecule has 0 fully saturated rings. The van der Waals surface area contributed by atoms with Gasteiger partial charge in [-0.15, -0.1) is 16.8 Å². The van der Waals surface area contributed by atoms with Gasteiger partial charge in [0.1, 0.15) is 5.75 Å². The standard InChI is InChI=1S/C25H26N4O6S/c1-5-11-29-22(16(2)35-20-9-7-6-8-10-20)27-28-25(29)36-15-21(30)26-19-13-17(23(31)33-3)12-18(14-19)24(32)34-4/h5-10,12-14,16H,1,11,15H2,2-4H3,(H,26,30). The van der Waals surface area contributed by atoms with Crippen LogP contribution in [0.1, 0.15) is 39.6 Å². The van der Waals surface area contributed by atoms with E-state index in [9.17, 15) is 14.4 Å². The number of carbonyl (C=O) groups excluding carboxylic acids is 3. The third-order valence-corrected chi connectivity index (χ3v) is 5.83. The Balaban J connectivity index is 1.72. The van der Waals surface area contributed by atoms with Crippen molar-refractivity contribution in [3.63, 3.8) is 0 Å². The van der Waals surface area contributed by atoms with E-state index in [2.05, 4.69) is 22.1 Å². The van der Waals surface area contributed by atoms with Crippen LogP contribution in [-0.2, 0) is 20.8 Å². The zero-order valence-corrected chi connectivity index (χ0v) is 20.9. The Morgan fingerprint density at radius 3 is 2.28 bits per heavy atom. The molecule has 0 saturated heterocycles. The molecule has 0 aliphatic carbocycles. The lowest BCUT2D eigenvalue weighted by Gasteiger charge is -2.15. The van der Waals surface area contributed by atoms with E-state index in [1.165, 1.54) is 44.2 Å². The van der Waals surface area contributed by atoms with Gasteiger partial charge in [-0.2, -0.15) is 0 Å². The molecular weight excluding hydrogens is 484 g/mol. The molecule has 188 valence electrons. The maximum atomic E-state index is 12.7. The van der Waals surface area contributed by atoms with Gasteiger partial charge >= 0.3 is 11.9 Å². The SMILES string of the molecule is C=CCn1c(SCC(=O)Nc2cc(C(=O)OC)cc(C(=O)OC)c2)nnc1C(C)Oc1ccccc1. The van der Waals surface area contributed by atoms with E-state index < -0.39 is 11.9 Å². The highest BCUT2D eigenvalue weighted by molar-refractivity contribution is 7.99. The van der Waals surface area contributed by atoms with Gasteiger partial charge in [0, 0.05) is 12.2 Å². The smallest absolute Gasteiger partial charge is 0.337 e. The third-order valence-electron chi connectivity index (χ3n) is 4.87. The maximum absolute atomic E-state index is 12.7.